The lowest BCUT2D eigenvalue weighted by Gasteiger charge is -2.29. The summed E-state index contributed by atoms with van der Waals surface area (Å²) < 4.78 is 0. The van der Waals surface area contributed by atoms with E-state index in [-0.39, 0.29) is 6.10 Å². The fourth-order valence-electron chi connectivity index (χ4n) is 2.05. The molecule has 8 heavy (non-hydrogen) atoms. The fourth-order valence-corrected chi connectivity index (χ4v) is 2.05. The van der Waals surface area contributed by atoms with Crippen molar-refractivity contribution in [3.63, 3.8) is 0 Å². The highest BCUT2D eigenvalue weighted by atomic mass is 16.3. The predicted molar refractivity (Wildman–Crippen MR) is 31.5 cm³/mol. The molecule has 1 unspecified atom stereocenters. The Morgan fingerprint density at radius 2 is 1.50 bits per heavy atom. The van der Waals surface area contributed by atoms with Gasteiger partial charge in [0.2, 0.25) is 0 Å². The summed E-state index contributed by atoms with van der Waals surface area (Å²) in [5.41, 5.74) is 0. The third-order valence-electron chi connectivity index (χ3n) is 2.72. The Morgan fingerprint density at radius 3 is 1.75 bits per heavy atom. The SMILES string of the molecule is O[C@@H]1CC2CC[C@@H]2C1. The van der Waals surface area contributed by atoms with Gasteiger partial charge in [-0.05, 0) is 37.5 Å². The zero-order valence-corrected chi connectivity index (χ0v) is 5.01. The minimum absolute atomic E-state index is 0.0625. The molecule has 2 aliphatic carbocycles. The first-order chi connectivity index (χ1) is 3.86. The molecule has 1 heteroatoms. The van der Waals surface area contributed by atoms with Gasteiger partial charge >= 0.3 is 0 Å². The molecule has 2 rings (SSSR count). The van der Waals surface area contributed by atoms with Crippen LogP contribution in [-0.2, 0) is 0 Å². The third kappa shape index (κ3) is 0.510. The van der Waals surface area contributed by atoms with Crippen LogP contribution < -0.4 is 0 Å². The van der Waals surface area contributed by atoms with Gasteiger partial charge in [-0.3, -0.25) is 0 Å². The number of rotatable bonds is 0. The van der Waals surface area contributed by atoms with E-state index < -0.39 is 0 Å². The van der Waals surface area contributed by atoms with E-state index >= 15 is 0 Å². The topological polar surface area (TPSA) is 20.2 Å². The van der Waals surface area contributed by atoms with Crippen LogP contribution >= 0.6 is 0 Å². The molecule has 0 aliphatic heterocycles. The van der Waals surface area contributed by atoms with Gasteiger partial charge in [-0.25, -0.2) is 0 Å². The molecule has 0 saturated heterocycles. The third-order valence-corrected chi connectivity index (χ3v) is 2.72. The van der Waals surface area contributed by atoms with Gasteiger partial charge in [0.25, 0.3) is 0 Å². The maximum atomic E-state index is 9.11. The van der Waals surface area contributed by atoms with Crippen molar-refractivity contribution in [3.8, 4) is 0 Å². The summed E-state index contributed by atoms with van der Waals surface area (Å²) in [5, 5.41) is 9.11. The van der Waals surface area contributed by atoms with E-state index in [1.807, 2.05) is 0 Å². The summed E-state index contributed by atoms with van der Waals surface area (Å²) in [6.07, 6.45) is 5.05. The summed E-state index contributed by atoms with van der Waals surface area (Å²) in [7, 11) is 0. The molecule has 2 aliphatic rings. The smallest absolute Gasteiger partial charge is 0.0545 e. The number of hydrogen-bond donors (Lipinski definition) is 1. The average molecular weight is 112 g/mol. The van der Waals surface area contributed by atoms with Crippen LogP contribution in [0.25, 0.3) is 0 Å². The van der Waals surface area contributed by atoms with Crippen molar-refractivity contribution in [1.82, 2.24) is 0 Å². The first-order valence-corrected chi connectivity index (χ1v) is 3.54. The van der Waals surface area contributed by atoms with E-state index in [0.29, 0.717) is 0 Å². The quantitative estimate of drug-likeness (QED) is 0.498. The van der Waals surface area contributed by atoms with Crippen molar-refractivity contribution in [1.29, 1.82) is 0 Å². The van der Waals surface area contributed by atoms with Gasteiger partial charge in [0, 0.05) is 0 Å². The normalized spacial score (nSPS) is 52.9. The minimum atomic E-state index is 0.0625. The van der Waals surface area contributed by atoms with Gasteiger partial charge in [0.15, 0.2) is 0 Å². The number of fused-ring (bicyclic) bond motifs is 1. The predicted octanol–water partition coefficient (Wildman–Crippen LogP) is 1.17. The standard InChI is InChI=1S/C7H12O/c8-7-3-5-1-2-6(5)4-7/h5-8H,1-4H2/t5-,6?,7+/m1/s1. The molecule has 2 saturated carbocycles. The molecule has 0 spiro atoms. The molecule has 0 heterocycles. The van der Waals surface area contributed by atoms with E-state index in [0.717, 1.165) is 24.7 Å². The van der Waals surface area contributed by atoms with E-state index in [9.17, 15) is 0 Å². The van der Waals surface area contributed by atoms with Crippen LogP contribution in [0.5, 0.6) is 0 Å². The zero-order chi connectivity index (χ0) is 5.56. The molecule has 0 aromatic rings. The maximum Gasteiger partial charge on any atom is 0.0545 e. The molecule has 1 N–H and O–H groups in total. The molecular weight excluding hydrogens is 100 g/mol. The maximum absolute atomic E-state index is 9.11. The first kappa shape index (κ1) is 4.80. The Kier molecular flexibility index (Phi) is 0.884. The summed E-state index contributed by atoms with van der Waals surface area (Å²) in [6, 6.07) is 0. The number of aliphatic hydroxyl groups is 1. The van der Waals surface area contributed by atoms with Crippen LogP contribution in [0.4, 0.5) is 0 Å². The molecule has 3 atom stereocenters. The van der Waals surface area contributed by atoms with Crippen molar-refractivity contribution < 1.29 is 5.11 Å². The van der Waals surface area contributed by atoms with Crippen LogP contribution in [-0.4, -0.2) is 11.2 Å². The second-order valence-corrected chi connectivity index (χ2v) is 3.22. The van der Waals surface area contributed by atoms with Crippen LogP contribution in [0.1, 0.15) is 25.7 Å². The second-order valence-electron chi connectivity index (χ2n) is 3.22. The van der Waals surface area contributed by atoms with E-state index in [4.69, 9.17) is 5.11 Å². The molecule has 0 aromatic carbocycles. The molecule has 0 radical (unpaired) electrons. The van der Waals surface area contributed by atoms with Crippen LogP contribution in [0.15, 0.2) is 0 Å². The monoisotopic (exact) mass is 112 g/mol. The Morgan fingerprint density at radius 1 is 1.00 bits per heavy atom. The van der Waals surface area contributed by atoms with Crippen molar-refractivity contribution >= 4 is 0 Å². The van der Waals surface area contributed by atoms with Gasteiger partial charge in [0.1, 0.15) is 0 Å². The molecule has 0 aromatic heterocycles. The molecule has 0 amide bonds. The lowest BCUT2D eigenvalue weighted by molar-refractivity contribution is 0.178. The van der Waals surface area contributed by atoms with Gasteiger partial charge < -0.3 is 5.11 Å². The molecule has 46 valence electrons. The fraction of sp³-hybridized carbons (Fsp3) is 1.00. The van der Waals surface area contributed by atoms with Crippen molar-refractivity contribution in [2.24, 2.45) is 11.8 Å². The average Bonchev–Trinajstić information content (AvgIpc) is 1.91. The van der Waals surface area contributed by atoms with Crippen LogP contribution in [0.3, 0.4) is 0 Å². The van der Waals surface area contributed by atoms with E-state index in [1.165, 1.54) is 12.8 Å². The Balaban J connectivity index is 2.00. The largest absolute Gasteiger partial charge is 0.393 e. The summed E-state index contributed by atoms with van der Waals surface area (Å²) in [6.45, 7) is 0. The van der Waals surface area contributed by atoms with Crippen LogP contribution in [0, 0.1) is 11.8 Å². The molecular formula is C7H12O. The van der Waals surface area contributed by atoms with E-state index in [1.54, 1.807) is 0 Å². The van der Waals surface area contributed by atoms with E-state index in [2.05, 4.69) is 0 Å². The summed E-state index contributed by atoms with van der Waals surface area (Å²) in [5.74, 6) is 1.84. The van der Waals surface area contributed by atoms with Crippen molar-refractivity contribution in [2.45, 2.75) is 31.8 Å². The summed E-state index contributed by atoms with van der Waals surface area (Å²) in [4.78, 5) is 0. The van der Waals surface area contributed by atoms with Gasteiger partial charge in [0.05, 0.1) is 6.10 Å². The lowest BCUT2D eigenvalue weighted by Crippen LogP contribution is -2.18. The number of aliphatic hydroxyl groups excluding tert-OH is 1. The lowest BCUT2D eigenvalue weighted by atomic mass is 9.77. The second kappa shape index (κ2) is 1.47. The van der Waals surface area contributed by atoms with Gasteiger partial charge in [-0.2, -0.15) is 0 Å². The molecule has 0 bridgehead atoms. The van der Waals surface area contributed by atoms with Crippen molar-refractivity contribution in [2.75, 3.05) is 0 Å². The minimum Gasteiger partial charge on any atom is -0.393 e. The van der Waals surface area contributed by atoms with Crippen LogP contribution in [0.2, 0.25) is 0 Å². The summed E-state index contributed by atoms with van der Waals surface area (Å²) >= 11 is 0. The first-order valence-electron chi connectivity index (χ1n) is 3.54. The van der Waals surface area contributed by atoms with Gasteiger partial charge in [-0.1, -0.05) is 0 Å². The number of hydrogen-bond acceptors (Lipinski definition) is 1. The Hall–Kier alpha value is -0.0400. The Bertz CT molecular complexity index is 88.6. The van der Waals surface area contributed by atoms with Gasteiger partial charge in [-0.15, -0.1) is 0 Å². The Labute approximate surface area is 49.7 Å². The molecule has 1 nitrogen and oxygen atoms in total. The highest BCUT2D eigenvalue weighted by Gasteiger charge is 2.39. The van der Waals surface area contributed by atoms with Crippen molar-refractivity contribution in [3.05, 3.63) is 0 Å². The zero-order valence-electron chi connectivity index (χ0n) is 5.01. The highest BCUT2D eigenvalue weighted by molar-refractivity contribution is 4.90. The molecule has 2 fully saturated rings. The highest BCUT2D eigenvalue weighted by Crippen LogP contribution is 2.46.